The number of ether oxygens (including phenoxy) is 2. The molecule has 0 saturated carbocycles. The molecule has 0 atom stereocenters. The van der Waals surface area contributed by atoms with E-state index < -0.39 is 0 Å². The molecule has 0 spiro atoms. The summed E-state index contributed by atoms with van der Waals surface area (Å²) < 4.78 is 9.54. The zero-order valence-corrected chi connectivity index (χ0v) is 14.5. The standard InChI is InChI=1S/2C6H12O2.C4H8O.11CH4/c1-3-4-8-5-6(2)7;1-3-4-5-8-6(2)7;1-3-4(2)5;;;;;;;;;;;/h2*3-5H2,1-2H3;3H2,1-2H3;11*1H4. The number of rotatable bonds is 8. The first-order chi connectivity index (χ1) is 9.81. The van der Waals surface area contributed by atoms with Crippen LogP contribution >= 0.6 is 0 Å². The van der Waals surface area contributed by atoms with E-state index in [0.29, 0.717) is 19.6 Å². The molecule has 5 nitrogen and oxygen atoms in total. The van der Waals surface area contributed by atoms with Crippen LogP contribution in [0.3, 0.4) is 0 Å². The van der Waals surface area contributed by atoms with Gasteiger partial charge in [-0.25, -0.2) is 0 Å². The maximum absolute atomic E-state index is 10.2. The third-order valence-electron chi connectivity index (χ3n) is 1.95. The van der Waals surface area contributed by atoms with Crippen LogP contribution in [0.4, 0.5) is 0 Å². The van der Waals surface area contributed by atoms with Gasteiger partial charge in [-0.15, -0.1) is 0 Å². The SMILES string of the molecule is C.C.C.C.C.C.C.C.C.C.C.CCC(C)=O.CCCCOC(C)=O.CCCOCC(C)=O. The number of ketones is 2. The molecule has 214 valence electrons. The van der Waals surface area contributed by atoms with Crippen molar-refractivity contribution < 1.29 is 23.9 Å². The van der Waals surface area contributed by atoms with Crippen LogP contribution in [0.15, 0.2) is 0 Å². The predicted octanol–water partition coefficient (Wildman–Crippen LogP) is 10.3. The molecule has 0 fully saturated rings. The van der Waals surface area contributed by atoms with Crippen molar-refractivity contribution in [3.63, 3.8) is 0 Å². The van der Waals surface area contributed by atoms with Crippen LogP contribution in [0.1, 0.15) is 149 Å². The van der Waals surface area contributed by atoms with Crippen molar-refractivity contribution >= 4 is 17.5 Å². The molecule has 0 unspecified atom stereocenters. The fourth-order valence-electron chi connectivity index (χ4n) is 0.720. The topological polar surface area (TPSA) is 69.7 Å². The molecule has 0 radical (unpaired) electrons. The average Bonchev–Trinajstić information content (AvgIpc) is 2.40. The third-order valence-corrected chi connectivity index (χ3v) is 1.95. The number of Topliss-reactive ketones (excluding diaryl/α,β-unsaturated/α-hetero) is 2. The number of unbranched alkanes of at least 4 members (excludes halogenated alkanes) is 1. The maximum Gasteiger partial charge on any atom is 0.302 e. The van der Waals surface area contributed by atoms with Gasteiger partial charge in [0.05, 0.1) is 6.61 Å². The van der Waals surface area contributed by atoms with Crippen LogP contribution < -0.4 is 0 Å². The monoisotopic (exact) mass is 481 g/mol. The Bertz CT molecular complexity index is 245. The van der Waals surface area contributed by atoms with Crippen molar-refractivity contribution in [1.82, 2.24) is 0 Å². The second-order valence-corrected chi connectivity index (χ2v) is 4.50. The second kappa shape index (κ2) is 87.6. The predicted molar refractivity (Wildman–Crippen MR) is 158 cm³/mol. The smallest absolute Gasteiger partial charge is 0.302 e. The van der Waals surface area contributed by atoms with Gasteiger partial charge in [0.1, 0.15) is 12.4 Å². The van der Waals surface area contributed by atoms with Crippen LogP contribution in [0.5, 0.6) is 0 Å². The minimum absolute atomic E-state index is 0. The summed E-state index contributed by atoms with van der Waals surface area (Å²) >= 11 is 0. The lowest BCUT2D eigenvalue weighted by atomic mass is 10.4. The molecule has 0 aliphatic heterocycles. The Kier molecular flexibility index (Phi) is 265. The summed E-state index contributed by atoms with van der Waals surface area (Å²) in [5.74, 6) is 0.168. The van der Waals surface area contributed by atoms with Crippen molar-refractivity contribution in [2.24, 2.45) is 0 Å². The summed E-state index contributed by atoms with van der Waals surface area (Å²) in [7, 11) is 0. The van der Waals surface area contributed by atoms with Crippen LogP contribution in [0, 0.1) is 0 Å². The molecule has 0 heterocycles. The van der Waals surface area contributed by atoms with E-state index in [1.54, 1.807) is 6.92 Å². The summed E-state index contributed by atoms with van der Waals surface area (Å²) in [4.78, 5) is 30.1. The van der Waals surface area contributed by atoms with Gasteiger partial charge in [-0.1, -0.05) is 109 Å². The quantitative estimate of drug-likeness (QED) is 0.255. The molecule has 0 amide bonds. The molecule has 0 rings (SSSR count). The first-order valence-electron chi connectivity index (χ1n) is 7.51. The summed E-state index contributed by atoms with van der Waals surface area (Å²) in [6, 6.07) is 0. The molecule has 0 aromatic carbocycles. The number of carbonyl (C=O) groups excluding carboxylic acids is 3. The highest BCUT2D eigenvalue weighted by Gasteiger charge is 1.89. The summed E-state index contributed by atoms with van der Waals surface area (Å²) in [5, 5.41) is 0. The number of hydrogen-bond acceptors (Lipinski definition) is 5. The van der Waals surface area contributed by atoms with Gasteiger partial charge < -0.3 is 14.3 Å². The highest BCUT2D eigenvalue weighted by atomic mass is 16.5. The minimum Gasteiger partial charge on any atom is -0.466 e. The van der Waals surface area contributed by atoms with E-state index in [1.165, 1.54) is 13.8 Å². The van der Waals surface area contributed by atoms with Gasteiger partial charge in [0, 0.05) is 20.0 Å². The Morgan fingerprint density at radius 2 is 0.906 bits per heavy atom. The number of esters is 1. The molecule has 0 saturated heterocycles. The lowest BCUT2D eigenvalue weighted by Gasteiger charge is -1.96. The average molecular weight is 481 g/mol. The molecule has 32 heavy (non-hydrogen) atoms. The summed E-state index contributed by atoms with van der Waals surface area (Å²) in [5.41, 5.74) is 0. The Morgan fingerprint density at radius 1 is 0.562 bits per heavy atom. The molecule has 0 aromatic rings. The van der Waals surface area contributed by atoms with Gasteiger partial charge in [0.15, 0.2) is 5.78 Å². The van der Waals surface area contributed by atoms with Crippen molar-refractivity contribution in [3.8, 4) is 0 Å². The Balaban J connectivity index is -0.0000000110. The lowest BCUT2D eigenvalue weighted by molar-refractivity contribution is -0.141. The highest BCUT2D eigenvalue weighted by molar-refractivity contribution is 5.76. The Morgan fingerprint density at radius 3 is 1.09 bits per heavy atom. The number of carbonyl (C=O) groups is 3. The van der Waals surface area contributed by atoms with Crippen molar-refractivity contribution in [1.29, 1.82) is 0 Å². The molecule has 5 heteroatoms. The molecular weight excluding hydrogens is 404 g/mol. The molecular formula is C27H76O5. The van der Waals surface area contributed by atoms with Gasteiger partial charge in [0.25, 0.3) is 0 Å². The van der Waals surface area contributed by atoms with E-state index in [0.717, 1.165) is 19.3 Å². The van der Waals surface area contributed by atoms with Gasteiger partial charge in [-0.2, -0.15) is 0 Å². The van der Waals surface area contributed by atoms with Gasteiger partial charge in [0.2, 0.25) is 0 Å². The minimum atomic E-state index is -0.182. The molecule has 0 bridgehead atoms. The molecule has 0 N–H and O–H groups in total. The zero-order valence-electron chi connectivity index (χ0n) is 14.5. The van der Waals surface area contributed by atoms with Crippen LogP contribution in [-0.2, 0) is 23.9 Å². The van der Waals surface area contributed by atoms with Crippen LogP contribution in [-0.4, -0.2) is 37.4 Å². The highest BCUT2D eigenvalue weighted by Crippen LogP contribution is 1.86. The van der Waals surface area contributed by atoms with Gasteiger partial charge >= 0.3 is 5.97 Å². The molecule has 0 aliphatic carbocycles. The Hall–Kier alpha value is -1.23. The van der Waals surface area contributed by atoms with Crippen molar-refractivity contribution in [3.05, 3.63) is 0 Å². The first kappa shape index (κ1) is 97.0. The summed E-state index contributed by atoms with van der Waals surface area (Å²) in [6.45, 7) is 12.0. The van der Waals surface area contributed by atoms with E-state index in [4.69, 9.17) is 4.74 Å². The van der Waals surface area contributed by atoms with Crippen molar-refractivity contribution in [2.45, 2.75) is 149 Å². The Labute approximate surface area is 210 Å². The largest absolute Gasteiger partial charge is 0.466 e. The molecule has 0 aliphatic rings. The third kappa shape index (κ3) is 191. The van der Waals surface area contributed by atoms with E-state index in [-0.39, 0.29) is 106 Å². The number of hydrogen-bond donors (Lipinski definition) is 0. The van der Waals surface area contributed by atoms with E-state index in [9.17, 15) is 14.4 Å². The van der Waals surface area contributed by atoms with E-state index in [2.05, 4.69) is 11.7 Å². The lowest BCUT2D eigenvalue weighted by Crippen LogP contribution is -2.03. The van der Waals surface area contributed by atoms with Crippen LogP contribution in [0.25, 0.3) is 0 Å². The maximum atomic E-state index is 10.2. The normalized spacial score (nSPS) is 5.69. The van der Waals surface area contributed by atoms with Gasteiger partial charge in [-0.05, 0) is 26.7 Å². The molecule has 0 aromatic heterocycles. The van der Waals surface area contributed by atoms with E-state index in [1.807, 2.05) is 13.8 Å². The first-order valence-corrected chi connectivity index (χ1v) is 7.51. The van der Waals surface area contributed by atoms with Crippen molar-refractivity contribution in [2.75, 3.05) is 19.8 Å². The van der Waals surface area contributed by atoms with Crippen LogP contribution in [0.2, 0.25) is 0 Å². The van der Waals surface area contributed by atoms with E-state index >= 15 is 0 Å². The second-order valence-electron chi connectivity index (χ2n) is 4.50. The fraction of sp³-hybridized carbons (Fsp3) is 0.889. The van der Waals surface area contributed by atoms with Gasteiger partial charge in [-0.3, -0.25) is 9.59 Å². The summed E-state index contributed by atoms with van der Waals surface area (Å²) in [6.07, 6.45) is 3.69. The zero-order chi connectivity index (χ0) is 17.1. The fourth-order valence-corrected chi connectivity index (χ4v) is 0.720.